The van der Waals surface area contributed by atoms with Crippen LogP contribution in [-0.2, 0) is 0 Å². The third-order valence-corrected chi connectivity index (χ3v) is 23.9. The van der Waals surface area contributed by atoms with Crippen LogP contribution in [0.15, 0.2) is 54.6 Å². The van der Waals surface area contributed by atoms with Crippen molar-refractivity contribution in [3.63, 3.8) is 0 Å². The smallest absolute Gasteiger partial charge is 0.0654 e. The molecule has 0 spiro atoms. The van der Waals surface area contributed by atoms with Crippen LogP contribution in [0.2, 0.25) is 55.9 Å². The first kappa shape index (κ1) is 29.3. The minimum absolute atomic E-state index is 0.427. The predicted molar refractivity (Wildman–Crippen MR) is 166 cm³/mol. The summed E-state index contributed by atoms with van der Waals surface area (Å²) in [5.41, 5.74) is 0.453. The van der Waals surface area contributed by atoms with Crippen LogP contribution in [0.5, 0.6) is 0 Å². The molecule has 2 aromatic rings. The lowest BCUT2D eigenvalue weighted by atomic mass is 9.87. The second-order valence-corrected chi connectivity index (χ2v) is 28.5. The van der Waals surface area contributed by atoms with E-state index in [4.69, 9.17) is 0 Å². The fourth-order valence-corrected chi connectivity index (χ4v) is 16.7. The highest BCUT2D eigenvalue weighted by Crippen LogP contribution is 2.39. The van der Waals surface area contributed by atoms with E-state index in [-0.39, 0.29) is 0 Å². The lowest BCUT2D eigenvalue weighted by Crippen LogP contribution is -2.52. The van der Waals surface area contributed by atoms with Gasteiger partial charge in [0, 0.05) is 0 Å². The van der Waals surface area contributed by atoms with Crippen molar-refractivity contribution in [3.05, 3.63) is 54.6 Å². The Morgan fingerprint density at radius 2 is 1.12 bits per heavy atom. The predicted octanol–water partition coefficient (Wildman–Crippen LogP) is 8.52. The van der Waals surface area contributed by atoms with Crippen LogP contribution < -0.4 is 15.6 Å². The first-order valence-electron chi connectivity index (χ1n) is 13.8. The van der Waals surface area contributed by atoms with Gasteiger partial charge in [0.25, 0.3) is 0 Å². The van der Waals surface area contributed by atoms with Crippen molar-refractivity contribution in [3.8, 4) is 0 Å². The van der Waals surface area contributed by atoms with E-state index in [1.807, 2.05) is 0 Å². The maximum Gasteiger partial charge on any atom is 0.0861 e. The molecule has 0 radical (unpaired) electrons. The fourth-order valence-electron chi connectivity index (χ4n) is 4.95. The summed E-state index contributed by atoms with van der Waals surface area (Å²) >= 11 is 0. The van der Waals surface area contributed by atoms with Gasteiger partial charge in [0.1, 0.15) is 0 Å². The topological polar surface area (TPSA) is 0 Å². The third-order valence-electron chi connectivity index (χ3n) is 10.0. The Hall–Kier alpha value is -0.909. The molecule has 0 N–H and O–H groups in total. The maximum absolute atomic E-state index is 2.67. The van der Waals surface area contributed by atoms with Crippen LogP contribution in [-0.4, -0.2) is 24.2 Å². The molecule has 0 amide bonds. The van der Waals surface area contributed by atoms with E-state index in [2.05, 4.69) is 129 Å². The molecule has 0 aromatic heterocycles. The zero-order valence-electron chi connectivity index (χ0n) is 24.4. The van der Waals surface area contributed by atoms with E-state index in [9.17, 15) is 0 Å². The molecule has 0 bridgehead atoms. The van der Waals surface area contributed by atoms with Crippen molar-refractivity contribution in [2.75, 3.05) is 0 Å². The Bertz CT molecular complexity index is 894. The summed E-state index contributed by atoms with van der Waals surface area (Å²) in [6.45, 7) is 27.6. The van der Waals surface area contributed by atoms with Gasteiger partial charge in [0.05, 0.1) is 24.2 Å². The quantitative estimate of drug-likeness (QED) is 0.251. The average molecular weight is 511 g/mol. The van der Waals surface area contributed by atoms with E-state index < -0.39 is 24.2 Å². The van der Waals surface area contributed by atoms with Crippen molar-refractivity contribution < 1.29 is 0 Å². The van der Waals surface area contributed by atoms with E-state index in [0.29, 0.717) is 10.5 Å². The van der Waals surface area contributed by atoms with Crippen molar-refractivity contribution >= 4 is 39.8 Å². The Morgan fingerprint density at radius 3 is 1.62 bits per heavy atom. The van der Waals surface area contributed by atoms with Gasteiger partial charge in [0.15, 0.2) is 0 Å². The molecule has 3 heteroatoms. The highest BCUT2D eigenvalue weighted by Gasteiger charge is 2.39. The molecule has 190 valence electrons. The lowest BCUT2D eigenvalue weighted by molar-refractivity contribution is 0.336. The number of hydrogen-bond acceptors (Lipinski definition) is 0. The normalized spacial score (nSPS) is 15.3. The van der Waals surface area contributed by atoms with Gasteiger partial charge in [0.2, 0.25) is 0 Å². The fraction of sp³-hybridized carbons (Fsp3) is 0.613. The minimum Gasteiger partial charge on any atom is -0.0654 e. The second kappa shape index (κ2) is 11.0. The molecule has 0 saturated heterocycles. The highest BCUT2D eigenvalue weighted by atomic mass is 28.3. The standard InChI is InChI=1S/C31H54Si3/c1-12-30(3,4)23-24-34(11,29-17-15-14-16-18-29)26-25-32(7,8)27-19-21-28(22-20-27)33(9,10)31(5,6)13-2/h14-22H,12-13,23-26H2,1-11H3. The molecule has 0 nitrogen and oxygen atoms in total. The number of hydrogen-bond donors (Lipinski definition) is 0. The summed E-state index contributed by atoms with van der Waals surface area (Å²) in [6, 6.07) is 25.8. The van der Waals surface area contributed by atoms with Gasteiger partial charge >= 0.3 is 0 Å². The molecule has 0 fully saturated rings. The monoisotopic (exact) mass is 510 g/mol. The summed E-state index contributed by atoms with van der Waals surface area (Å²) in [7, 11) is -4.51. The number of benzene rings is 2. The Kier molecular flexibility index (Phi) is 9.49. The van der Waals surface area contributed by atoms with E-state index in [1.54, 1.807) is 15.6 Å². The van der Waals surface area contributed by atoms with Crippen LogP contribution in [0.1, 0.15) is 60.8 Å². The highest BCUT2D eigenvalue weighted by molar-refractivity contribution is 6.95. The Labute approximate surface area is 216 Å². The first-order chi connectivity index (χ1) is 15.6. The second-order valence-electron chi connectivity index (χ2n) is 13.8. The Morgan fingerprint density at radius 1 is 0.588 bits per heavy atom. The molecule has 2 rings (SSSR count). The van der Waals surface area contributed by atoms with Crippen LogP contribution in [0.25, 0.3) is 0 Å². The zero-order chi connectivity index (χ0) is 25.8. The maximum atomic E-state index is 2.67. The SMILES string of the molecule is CCC(C)(C)CC[Si](C)(CC[Si](C)(C)c1ccc([Si](C)(C)C(C)(C)CC)cc1)c1ccccc1. The molecule has 0 aliphatic carbocycles. The minimum atomic E-state index is -1.52. The van der Waals surface area contributed by atoms with Crippen molar-refractivity contribution in [2.45, 2.75) is 117 Å². The van der Waals surface area contributed by atoms with Crippen molar-refractivity contribution in [1.82, 2.24) is 0 Å². The average Bonchev–Trinajstić information content (AvgIpc) is 2.82. The van der Waals surface area contributed by atoms with Gasteiger partial charge in [-0.25, -0.2) is 0 Å². The molecule has 0 aliphatic heterocycles. The van der Waals surface area contributed by atoms with Gasteiger partial charge in [-0.05, 0) is 10.5 Å². The van der Waals surface area contributed by atoms with Gasteiger partial charge in [-0.3, -0.25) is 0 Å². The summed E-state index contributed by atoms with van der Waals surface area (Å²) in [6.07, 6.45) is 3.88. The van der Waals surface area contributed by atoms with Gasteiger partial charge in [-0.2, -0.15) is 0 Å². The molecule has 1 atom stereocenters. The van der Waals surface area contributed by atoms with E-state index >= 15 is 0 Å². The molecule has 0 heterocycles. The van der Waals surface area contributed by atoms with E-state index in [0.717, 1.165) is 0 Å². The van der Waals surface area contributed by atoms with Crippen molar-refractivity contribution in [2.24, 2.45) is 5.41 Å². The van der Waals surface area contributed by atoms with Crippen LogP contribution in [0, 0.1) is 5.41 Å². The molecular formula is C31H54Si3. The van der Waals surface area contributed by atoms with Crippen LogP contribution in [0.3, 0.4) is 0 Å². The molecule has 0 aliphatic rings. The molecule has 2 aromatic carbocycles. The van der Waals surface area contributed by atoms with E-state index in [1.165, 1.54) is 37.4 Å². The molecule has 0 saturated carbocycles. The summed E-state index contributed by atoms with van der Waals surface area (Å²) in [5.74, 6) is 0. The Balaban J connectivity index is 2.24. The van der Waals surface area contributed by atoms with Crippen LogP contribution in [0.4, 0.5) is 0 Å². The van der Waals surface area contributed by atoms with Crippen molar-refractivity contribution in [1.29, 1.82) is 0 Å². The molecule has 34 heavy (non-hydrogen) atoms. The largest absolute Gasteiger partial charge is 0.0861 e. The lowest BCUT2D eigenvalue weighted by Gasteiger charge is -2.40. The third kappa shape index (κ3) is 6.85. The number of rotatable bonds is 12. The molecular weight excluding hydrogens is 457 g/mol. The summed E-state index contributed by atoms with van der Waals surface area (Å²) in [4.78, 5) is 0. The van der Waals surface area contributed by atoms with Gasteiger partial charge < -0.3 is 0 Å². The summed E-state index contributed by atoms with van der Waals surface area (Å²) in [5, 5.41) is 5.36. The zero-order valence-corrected chi connectivity index (χ0v) is 27.4. The van der Waals surface area contributed by atoms with Crippen LogP contribution >= 0.6 is 0 Å². The first-order valence-corrected chi connectivity index (χ1v) is 22.9. The molecule has 1 unspecified atom stereocenters. The van der Waals surface area contributed by atoms with Gasteiger partial charge in [-0.15, -0.1) is 0 Å². The van der Waals surface area contributed by atoms with Gasteiger partial charge in [-0.1, -0.05) is 182 Å². The summed E-state index contributed by atoms with van der Waals surface area (Å²) < 4.78 is 0.